The van der Waals surface area contributed by atoms with E-state index >= 15 is 0 Å². The van der Waals surface area contributed by atoms with Crippen molar-refractivity contribution in [1.82, 2.24) is 9.97 Å². The summed E-state index contributed by atoms with van der Waals surface area (Å²) < 4.78 is 0. The van der Waals surface area contributed by atoms with Crippen LogP contribution in [0.25, 0.3) is 23.1 Å². The standard InChI is InChI=1S/C25H28Cl4N4.ClH/c1-4-33(5-2)12-6-7-16(3)30-25-20-9-8-17(26)15-23(20)31-24(32-25)11-10-19-21(28)13-18(27)14-22(19)29;/h8-11,13-16H,4-7,12H2,1-3H3,(H,30,31,32);1H. The normalized spacial score (nSPS) is 12.4. The van der Waals surface area contributed by atoms with Gasteiger partial charge in [0.25, 0.3) is 0 Å². The fourth-order valence-corrected chi connectivity index (χ4v) is 4.85. The summed E-state index contributed by atoms with van der Waals surface area (Å²) in [7, 11) is 0. The molecule has 1 atom stereocenters. The second kappa shape index (κ2) is 13.7. The zero-order chi connectivity index (χ0) is 24.0. The van der Waals surface area contributed by atoms with Gasteiger partial charge in [-0.05, 0) is 76.1 Å². The van der Waals surface area contributed by atoms with Gasteiger partial charge in [0.2, 0.25) is 0 Å². The highest BCUT2D eigenvalue weighted by Crippen LogP contribution is 2.31. The molecular formula is C25H29Cl5N4. The van der Waals surface area contributed by atoms with E-state index in [0.29, 0.717) is 31.5 Å². The fourth-order valence-electron chi connectivity index (χ4n) is 3.74. The summed E-state index contributed by atoms with van der Waals surface area (Å²) in [5.74, 6) is 1.32. The maximum absolute atomic E-state index is 6.32. The van der Waals surface area contributed by atoms with Gasteiger partial charge in [0, 0.05) is 27.0 Å². The molecular weight excluding hydrogens is 534 g/mol. The molecule has 184 valence electrons. The van der Waals surface area contributed by atoms with Gasteiger partial charge in [-0.15, -0.1) is 0 Å². The third-order valence-corrected chi connectivity index (χ3v) is 6.75. The summed E-state index contributed by atoms with van der Waals surface area (Å²) in [6.45, 7) is 10.1. The van der Waals surface area contributed by atoms with E-state index in [1.165, 1.54) is 6.54 Å². The van der Waals surface area contributed by atoms with Gasteiger partial charge in [-0.25, -0.2) is 9.97 Å². The Hall–Kier alpha value is -1.27. The average Bonchev–Trinajstić information content (AvgIpc) is 2.75. The molecule has 0 bridgehead atoms. The Balaban J connectivity index is 0.00000408. The van der Waals surface area contributed by atoms with Gasteiger partial charge in [-0.3, -0.25) is 0 Å². The van der Waals surface area contributed by atoms with Crippen LogP contribution < -0.4 is 22.6 Å². The number of hydrogen-bond donors (Lipinski definition) is 2. The third kappa shape index (κ3) is 7.87. The monoisotopic (exact) mass is 560 g/mol. The van der Waals surface area contributed by atoms with E-state index in [4.69, 9.17) is 51.4 Å². The molecule has 0 amide bonds. The molecule has 4 nitrogen and oxygen atoms in total. The predicted molar refractivity (Wildman–Crippen MR) is 144 cm³/mol. The number of rotatable bonds is 10. The average molecular weight is 563 g/mol. The second-order valence-corrected chi connectivity index (χ2v) is 9.79. The van der Waals surface area contributed by atoms with Crippen molar-refractivity contribution in [3.63, 3.8) is 0 Å². The molecule has 34 heavy (non-hydrogen) atoms. The zero-order valence-electron chi connectivity index (χ0n) is 19.4. The third-order valence-electron chi connectivity index (χ3n) is 5.67. The number of anilines is 1. The largest absolute Gasteiger partial charge is 1.00 e. The van der Waals surface area contributed by atoms with Crippen LogP contribution in [0.4, 0.5) is 5.82 Å². The molecule has 2 aromatic carbocycles. The molecule has 0 aliphatic heterocycles. The molecule has 9 heteroatoms. The van der Waals surface area contributed by atoms with Crippen LogP contribution >= 0.6 is 46.4 Å². The van der Waals surface area contributed by atoms with Crippen LogP contribution in [-0.4, -0.2) is 35.6 Å². The van der Waals surface area contributed by atoms with Gasteiger partial charge in [-0.1, -0.05) is 46.4 Å². The Morgan fingerprint density at radius 3 is 2.26 bits per heavy atom. The van der Waals surface area contributed by atoms with Crippen molar-refractivity contribution < 1.29 is 17.3 Å². The maximum Gasteiger partial charge on any atom is 0.154 e. The number of nitrogens with zero attached hydrogens (tertiary/aromatic N) is 2. The minimum Gasteiger partial charge on any atom is -1.00 e. The number of hydrogen-bond acceptors (Lipinski definition) is 3. The van der Waals surface area contributed by atoms with Crippen LogP contribution in [0.5, 0.6) is 0 Å². The smallest absolute Gasteiger partial charge is 0.154 e. The highest BCUT2D eigenvalue weighted by molar-refractivity contribution is 6.40. The molecule has 0 aliphatic rings. The van der Waals surface area contributed by atoms with E-state index < -0.39 is 0 Å². The Labute approximate surface area is 228 Å². The molecule has 1 unspecified atom stereocenters. The van der Waals surface area contributed by atoms with Crippen LogP contribution in [0.2, 0.25) is 20.1 Å². The van der Waals surface area contributed by atoms with Crippen LogP contribution in [0.1, 0.15) is 45.0 Å². The van der Waals surface area contributed by atoms with Gasteiger partial charge in [0.1, 0.15) is 5.82 Å². The summed E-state index contributed by atoms with van der Waals surface area (Å²) in [4.78, 5) is 11.1. The molecule has 0 spiro atoms. The van der Waals surface area contributed by atoms with Crippen LogP contribution in [0.3, 0.4) is 0 Å². The lowest BCUT2D eigenvalue weighted by atomic mass is 10.1. The Morgan fingerprint density at radius 1 is 0.941 bits per heavy atom. The van der Waals surface area contributed by atoms with E-state index in [-0.39, 0.29) is 18.4 Å². The second-order valence-electron chi connectivity index (χ2n) is 8.10. The molecule has 2 N–H and O–H groups in total. The SMILES string of the molecule is CC[NH+](CC)CCCC(C)Nc1nc(C=Cc2c(Cl)cc(Cl)cc2Cl)nc2cc(Cl)ccc12.[Cl-]. The molecule has 0 aliphatic carbocycles. The number of benzene rings is 2. The lowest BCUT2D eigenvalue weighted by Gasteiger charge is -2.19. The summed E-state index contributed by atoms with van der Waals surface area (Å²) in [6, 6.07) is 9.24. The first-order valence-corrected chi connectivity index (χ1v) is 12.7. The molecule has 1 aromatic heterocycles. The van der Waals surface area contributed by atoms with Gasteiger partial charge in [0.15, 0.2) is 5.82 Å². The topological polar surface area (TPSA) is 42.2 Å². The van der Waals surface area contributed by atoms with Crippen molar-refractivity contribution in [2.24, 2.45) is 0 Å². The van der Waals surface area contributed by atoms with Crippen molar-refractivity contribution in [2.75, 3.05) is 25.0 Å². The number of nitrogens with one attached hydrogen (secondary N) is 2. The van der Waals surface area contributed by atoms with Gasteiger partial charge >= 0.3 is 0 Å². The lowest BCUT2D eigenvalue weighted by molar-refractivity contribution is -0.896. The summed E-state index contributed by atoms with van der Waals surface area (Å²) in [5, 5.41) is 6.56. The molecule has 0 radical (unpaired) electrons. The van der Waals surface area contributed by atoms with Crippen molar-refractivity contribution in [2.45, 2.75) is 39.7 Å². The summed E-state index contributed by atoms with van der Waals surface area (Å²) in [6.07, 6.45) is 5.80. The highest BCUT2D eigenvalue weighted by atomic mass is 35.5. The van der Waals surface area contributed by atoms with Crippen molar-refractivity contribution in [3.8, 4) is 0 Å². The molecule has 3 rings (SSSR count). The molecule has 1 heterocycles. The fraction of sp³-hybridized carbons (Fsp3) is 0.360. The van der Waals surface area contributed by atoms with Crippen molar-refractivity contribution in [3.05, 3.63) is 61.8 Å². The molecule has 0 saturated carbocycles. The first-order chi connectivity index (χ1) is 15.8. The summed E-state index contributed by atoms with van der Waals surface area (Å²) in [5.41, 5.74) is 1.44. The van der Waals surface area contributed by atoms with Crippen LogP contribution in [0.15, 0.2) is 30.3 Å². The Bertz CT molecular complexity index is 1110. The summed E-state index contributed by atoms with van der Waals surface area (Å²) >= 11 is 24.9. The minimum absolute atomic E-state index is 0. The van der Waals surface area contributed by atoms with Crippen molar-refractivity contribution in [1.29, 1.82) is 0 Å². The van der Waals surface area contributed by atoms with E-state index in [2.05, 4.69) is 31.1 Å². The number of quaternary nitrogens is 1. The zero-order valence-corrected chi connectivity index (χ0v) is 23.2. The van der Waals surface area contributed by atoms with E-state index in [1.807, 2.05) is 18.2 Å². The van der Waals surface area contributed by atoms with Gasteiger partial charge in [-0.2, -0.15) is 0 Å². The molecule has 0 saturated heterocycles. The van der Waals surface area contributed by atoms with Gasteiger partial charge in [0.05, 0.1) is 35.2 Å². The Morgan fingerprint density at radius 2 is 1.62 bits per heavy atom. The molecule has 0 fully saturated rings. The quantitative estimate of drug-likeness (QED) is 0.394. The highest BCUT2D eigenvalue weighted by Gasteiger charge is 2.12. The Kier molecular flexibility index (Phi) is 11.7. The first kappa shape index (κ1) is 29.0. The van der Waals surface area contributed by atoms with E-state index in [9.17, 15) is 0 Å². The number of fused-ring (bicyclic) bond motifs is 1. The van der Waals surface area contributed by atoms with Crippen LogP contribution in [0, 0.1) is 0 Å². The lowest BCUT2D eigenvalue weighted by Crippen LogP contribution is -3.11. The van der Waals surface area contributed by atoms with Gasteiger partial charge < -0.3 is 22.6 Å². The maximum atomic E-state index is 6.32. The first-order valence-electron chi connectivity index (χ1n) is 11.2. The number of halogens is 5. The van der Waals surface area contributed by atoms with E-state index in [1.54, 1.807) is 29.2 Å². The predicted octanol–water partition coefficient (Wildman–Crippen LogP) is 3.92. The van der Waals surface area contributed by atoms with E-state index in [0.717, 1.165) is 42.7 Å². The molecule has 3 aromatic rings. The van der Waals surface area contributed by atoms with Crippen molar-refractivity contribution >= 4 is 75.3 Å². The minimum atomic E-state index is 0. The van der Waals surface area contributed by atoms with Crippen LogP contribution in [-0.2, 0) is 0 Å². The number of aromatic nitrogens is 2.